The highest BCUT2D eigenvalue weighted by molar-refractivity contribution is 5.95. The second-order valence-corrected chi connectivity index (χ2v) is 5.09. The molecular formula is C15H21ClFNO. The molecule has 2 rings (SSSR count). The van der Waals surface area contributed by atoms with E-state index in [0.717, 1.165) is 13.0 Å². The molecular weight excluding hydrogens is 265 g/mol. The number of quaternary nitrogens is 1. The summed E-state index contributed by atoms with van der Waals surface area (Å²) in [5.41, 5.74) is 0.630. The monoisotopic (exact) mass is 285 g/mol. The number of halogens is 2. The van der Waals surface area contributed by atoms with E-state index in [9.17, 15) is 9.18 Å². The number of hydrogen-bond donors (Lipinski definition) is 1. The van der Waals surface area contributed by atoms with Gasteiger partial charge in [0.2, 0.25) is 0 Å². The van der Waals surface area contributed by atoms with Gasteiger partial charge >= 0.3 is 0 Å². The third kappa shape index (κ3) is 5.29. The number of hydrogen-bond acceptors (Lipinski definition) is 1. The second-order valence-electron chi connectivity index (χ2n) is 5.09. The van der Waals surface area contributed by atoms with E-state index >= 15 is 0 Å². The van der Waals surface area contributed by atoms with Gasteiger partial charge in [0, 0.05) is 18.4 Å². The molecule has 19 heavy (non-hydrogen) atoms. The van der Waals surface area contributed by atoms with Crippen molar-refractivity contribution < 1.29 is 26.5 Å². The van der Waals surface area contributed by atoms with Crippen molar-refractivity contribution >= 4 is 5.78 Å². The normalized spacial score (nSPS) is 15.8. The third-order valence-electron chi connectivity index (χ3n) is 3.66. The van der Waals surface area contributed by atoms with E-state index in [1.165, 1.54) is 44.5 Å². The van der Waals surface area contributed by atoms with Crippen LogP contribution in [-0.4, -0.2) is 25.4 Å². The van der Waals surface area contributed by atoms with Crippen LogP contribution in [0.4, 0.5) is 4.39 Å². The molecule has 1 aliphatic heterocycles. The van der Waals surface area contributed by atoms with Gasteiger partial charge in [-0.05, 0) is 43.5 Å². The zero-order valence-corrected chi connectivity index (χ0v) is 11.9. The van der Waals surface area contributed by atoms with E-state index in [2.05, 4.69) is 0 Å². The first kappa shape index (κ1) is 16.1. The molecule has 0 aliphatic carbocycles. The quantitative estimate of drug-likeness (QED) is 0.679. The number of nitrogens with one attached hydrogen (secondary N) is 1. The average molecular weight is 286 g/mol. The molecule has 0 unspecified atom stereocenters. The van der Waals surface area contributed by atoms with Crippen molar-refractivity contribution in [3.8, 4) is 0 Å². The highest BCUT2D eigenvalue weighted by Gasteiger charge is 2.14. The largest absolute Gasteiger partial charge is 1.00 e. The van der Waals surface area contributed by atoms with Gasteiger partial charge in [0.25, 0.3) is 0 Å². The molecule has 106 valence electrons. The first-order chi connectivity index (χ1) is 8.75. The Hall–Kier alpha value is -0.930. The second kappa shape index (κ2) is 8.28. The molecule has 0 aromatic heterocycles. The number of Topliss-reactive ketones (excluding diaryl/α,β-unsaturated/α-hetero) is 1. The topological polar surface area (TPSA) is 21.5 Å². The van der Waals surface area contributed by atoms with Crippen LogP contribution < -0.4 is 17.3 Å². The Kier molecular flexibility index (Phi) is 7.03. The van der Waals surface area contributed by atoms with Crippen LogP contribution in [0.25, 0.3) is 0 Å². The fraction of sp³-hybridized carbons (Fsp3) is 0.533. The molecule has 1 aromatic carbocycles. The zero-order chi connectivity index (χ0) is 12.8. The lowest BCUT2D eigenvalue weighted by molar-refractivity contribution is -0.905. The van der Waals surface area contributed by atoms with Gasteiger partial charge < -0.3 is 17.3 Å². The molecule has 1 heterocycles. The maximum Gasteiger partial charge on any atom is 0.163 e. The minimum atomic E-state index is -0.288. The number of carbonyl (C=O) groups is 1. The molecule has 0 amide bonds. The van der Waals surface area contributed by atoms with Crippen LogP contribution in [0.5, 0.6) is 0 Å². The Labute approximate surface area is 120 Å². The Bertz CT molecular complexity index is 388. The fourth-order valence-corrected chi connectivity index (χ4v) is 2.58. The van der Waals surface area contributed by atoms with E-state index in [0.29, 0.717) is 12.0 Å². The Morgan fingerprint density at radius 2 is 1.74 bits per heavy atom. The van der Waals surface area contributed by atoms with Gasteiger partial charge in [0.15, 0.2) is 5.78 Å². The molecule has 0 radical (unpaired) electrons. The minimum absolute atomic E-state index is 0. The minimum Gasteiger partial charge on any atom is -1.00 e. The van der Waals surface area contributed by atoms with Crippen LogP contribution >= 0.6 is 0 Å². The molecule has 0 atom stereocenters. The summed E-state index contributed by atoms with van der Waals surface area (Å²) in [7, 11) is 0. The van der Waals surface area contributed by atoms with Gasteiger partial charge in [-0.1, -0.05) is 0 Å². The lowest BCUT2D eigenvalue weighted by Gasteiger charge is -2.23. The Balaban J connectivity index is 0.00000180. The summed E-state index contributed by atoms with van der Waals surface area (Å²) in [5.74, 6) is -0.157. The van der Waals surface area contributed by atoms with Crippen molar-refractivity contribution in [2.24, 2.45) is 0 Å². The zero-order valence-electron chi connectivity index (χ0n) is 11.1. The van der Waals surface area contributed by atoms with Crippen LogP contribution in [-0.2, 0) is 0 Å². The van der Waals surface area contributed by atoms with Gasteiger partial charge in [0.1, 0.15) is 5.82 Å². The van der Waals surface area contributed by atoms with Gasteiger partial charge in [-0.25, -0.2) is 4.39 Å². The van der Waals surface area contributed by atoms with Crippen molar-refractivity contribution in [1.82, 2.24) is 0 Å². The predicted octanol–water partition coefficient (Wildman–Crippen LogP) is -1.14. The van der Waals surface area contributed by atoms with E-state index in [1.807, 2.05) is 0 Å². The third-order valence-corrected chi connectivity index (χ3v) is 3.66. The van der Waals surface area contributed by atoms with Crippen molar-refractivity contribution in [3.63, 3.8) is 0 Å². The van der Waals surface area contributed by atoms with Crippen LogP contribution in [0.15, 0.2) is 24.3 Å². The first-order valence-corrected chi connectivity index (χ1v) is 6.88. The smallest absolute Gasteiger partial charge is 0.163 e. The summed E-state index contributed by atoms with van der Waals surface area (Å²) in [6, 6.07) is 5.85. The summed E-state index contributed by atoms with van der Waals surface area (Å²) in [6.07, 6.45) is 5.52. The highest BCUT2D eigenvalue weighted by atomic mass is 35.5. The van der Waals surface area contributed by atoms with E-state index < -0.39 is 0 Å². The lowest BCUT2D eigenvalue weighted by atomic mass is 10.1. The molecule has 1 aliphatic rings. The number of benzene rings is 1. The fourth-order valence-electron chi connectivity index (χ4n) is 2.58. The standard InChI is InChI=1S/C15H20FNO.ClH/c16-14-8-6-13(7-9-14)15(18)5-4-12-17-10-2-1-3-11-17;/h6-9H,1-5,10-12H2;1H. The summed E-state index contributed by atoms with van der Waals surface area (Å²) in [5, 5.41) is 0. The number of likely N-dealkylation sites (tertiary alicyclic amines) is 1. The summed E-state index contributed by atoms with van der Waals surface area (Å²) in [6.45, 7) is 3.60. The Morgan fingerprint density at radius 3 is 2.37 bits per heavy atom. The number of ketones is 1. The number of rotatable bonds is 5. The van der Waals surface area contributed by atoms with E-state index in [4.69, 9.17) is 0 Å². The summed E-state index contributed by atoms with van der Waals surface area (Å²) >= 11 is 0. The molecule has 0 saturated carbocycles. The van der Waals surface area contributed by atoms with E-state index in [-0.39, 0.29) is 24.0 Å². The average Bonchev–Trinajstić information content (AvgIpc) is 2.40. The van der Waals surface area contributed by atoms with Crippen LogP contribution in [0.1, 0.15) is 42.5 Å². The first-order valence-electron chi connectivity index (χ1n) is 6.88. The van der Waals surface area contributed by atoms with Gasteiger partial charge in [-0.3, -0.25) is 4.79 Å². The molecule has 2 nitrogen and oxygen atoms in total. The predicted molar refractivity (Wildman–Crippen MR) is 69.4 cm³/mol. The maximum atomic E-state index is 12.7. The van der Waals surface area contributed by atoms with Crippen molar-refractivity contribution in [3.05, 3.63) is 35.6 Å². The molecule has 1 fully saturated rings. The van der Waals surface area contributed by atoms with Crippen LogP contribution in [0, 0.1) is 5.82 Å². The number of carbonyl (C=O) groups excluding carboxylic acids is 1. The van der Waals surface area contributed by atoms with Crippen molar-refractivity contribution in [1.29, 1.82) is 0 Å². The van der Waals surface area contributed by atoms with Gasteiger partial charge in [-0.15, -0.1) is 0 Å². The van der Waals surface area contributed by atoms with Gasteiger partial charge in [0.05, 0.1) is 19.6 Å². The van der Waals surface area contributed by atoms with Crippen LogP contribution in [0.2, 0.25) is 0 Å². The molecule has 0 bridgehead atoms. The SMILES string of the molecule is O=C(CCC[NH+]1CCCCC1)c1ccc(F)cc1.[Cl-]. The lowest BCUT2D eigenvalue weighted by Crippen LogP contribution is -3.12. The van der Waals surface area contributed by atoms with Gasteiger partial charge in [-0.2, -0.15) is 0 Å². The molecule has 1 aromatic rings. The summed E-state index contributed by atoms with van der Waals surface area (Å²) < 4.78 is 12.7. The summed E-state index contributed by atoms with van der Waals surface area (Å²) in [4.78, 5) is 13.5. The van der Waals surface area contributed by atoms with Crippen molar-refractivity contribution in [2.45, 2.75) is 32.1 Å². The number of piperidine rings is 1. The molecule has 1 N–H and O–H groups in total. The molecule has 1 saturated heterocycles. The Morgan fingerprint density at radius 1 is 1.11 bits per heavy atom. The maximum absolute atomic E-state index is 12.7. The molecule has 4 heteroatoms. The molecule has 0 spiro atoms. The van der Waals surface area contributed by atoms with E-state index in [1.54, 1.807) is 17.0 Å². The van der Waals surface area contributed by atoms with Crippen molar-refractivity contribution in [2.75, 3.05) is 19.6 Å². The van der Waals surface area contributed by atoms with Crippen LogP contribution in [0.3, 0.4) is 0 Å². The highest BCUT2D eigenvalue weighted by Crippen LogP contribution is 2.06.